The highest BCUT2D eigenvalue weighted by atomic mass is 32.2. The fourth-order valence-corrected chi connectivity index (χ4v) is 6.19. The van der Waals surface area contributed by atoms with Crippen LogP contribution in [0.4, 0.5) is 5.69 Å². The molecule has 1 aliphatic heterocycles. The van der Waals surface area contributed by atoms with E-state index >= 15 is 0 Å². The van der Waals surface area contributed by atoms with Crippen molar-refractivity contribution in [2.75, 3.05) is 7.11 Å². The van der Waals surface area contributed by atoms with Crippen LogP contribution in [0.15, 0.2) is 46.8 Å². The number of aliphatic imine (C=N–C) groups is 1. The van der Waals surface area contributed by atoms with Crippen molar-refractivity contribution in [3.63, 3.8) is 0 Å². The second-order valence-electron chi connectivity index (χ2n) is 7.18. The third-order valence-corrected chi connectivity index (χ3v) is 7.67. The topological polar surface area (TPSA) is 108 Å². The molecule has 1 saturated carbocycles. The summed E-state index contributed by atoms with van der Waals surface area (Å²) in [5, 5.41) is 23.6. The number of aliphatic hydroxyl groups is 2. The SMILES string of the molecule is COc1ccc(N=C2S[C@H]3[C@H]([C@@H](O)[C@H](O)C[C@@H]3C(N)=O)N2Cc2cccs2)cc1. The lowest BCUT2D eigenvalue weighted by Crippen LogP contribution is -2.58. The van der Waals surface area contributed by atoms with Crippen LogP contribution in [0.2, 0.25) is 0 Å². The summed E-state index contributed by atoms with van der Waals surface area (Å²) in [6.45, 7) is 0.538. The number of ether oxygens (including phenoxy) is 1. The Morgan fingerprint density at radius 2 is 2.07 bits per heavy atom. The third-order valence-electron chi connectivity index (χ3n) is 5.39. The van der Waals surface area contributed by atoms with E-state index in [0.29, 0.717) is 11.7 Å². The predicted octanol–water partition coefficient (Wildman–Crippen LogP) is 1.96. The first kappa shape index (κ1) is 20.2. The normalized spacial score (nSPS) is 30.4. The van der Waals surface area contributed by atoms with Crippen LogP contribution >= 0.6 is 23.1 Å². The Morgan fingerprint density at radius 1 is 1.31 bits per heavy atom. The van der Waals surface area contributed by atoms with Crippen LogP contribution in [-0.4, -0.2) is 56.8 Å². The number of nitrogens with zero attached hydrogens (tertiary/aromatic N) is 2. The van der Waals surface area contributed by atoms with Crippen molar-refractivity contribution < 1.29 is 19.7 Å². The summed E-state index contributed by atoms with van der Waals surface area (Å²) in [5.41, 5.74) is 6.37. The second-order valence-corrected chi connectivity index (χ2v) is 9.35. The number of benzene rings is 1. The van der Waals surface area contributed by atoms with E-state index in [1.807, 2.05) is 46.7 Å². The molecule has 1 saturated heterocycles. The number of amidine groups is 1. The molecule has 9 heteroatoms. The number of carbonyl (C=O) groups is 1. The largest absolute Gasteiger partial charge is 0.497 e. The van der Waals surface area contributed by atoms with E-state index in [4.69, 9.17) is 15.5 Å². The Hall–Kier alpha value is -2.07. The van der Waals surface area contributed by atoms with Crippen molar-refractivity contribution >= 4 is 39.9 Å². The summed E-state index contributed by atoms with van der Waals surface area (Å²) in [5.74, 6) is -0.248. The van der Waals surface area contributed by atoms with Gasteiger partial charge < -0.3 is 25.6 Å². The van der Waals surface area contributed by atoms with Gasteiger partial charge in [-0.3, -0.25) is 4.79 Å². The van der Waals surface area contributed by atoms with Crippen molar-refractivity contribution in [3.8, 4) is 5.75 Å². The van der Waals surface area contributed by atoms with Crippen molar-refractivity contribution in [3.05, 3.63) is 46.7 Å². The smallest absolute Gasteiger partial charge is 0.221 e. The molecule has 0 bridgehead atoms. The molecule has 4 N–H and O–H groups in total. The Morgan fingerprint density at radius 3 is 2.69 bits per heavy atom. The van der Waals surface area contributed by atoms with E-state index in [1.165, 1.54) is 11.8 Å². The molecule has 0 spiro atoms. The van der Waals surface area contributed by atoms with Crippen molar-refractivity contribution in [1.29, 1.82) is 0 Å². The van der Waals surface area contributed by atoms with Crippen molar-refractivity contribution in [1.82, 2.24) is 4.90 Å². The van der Waals surface area contributed by atoms with Crippen LogP contribution in [-0.2, 0) is 11.3 Å². The Bertz CT molecular complexity index is 888. The van der Waals surface area contributed by atoms with Crippen LogP contribution in [0.25, 0.3) is 0 Å². The lowest BCUT2D eigenvalue weighted by molar-refractivity contribution is -0.128. The number of rotatable bonds is 5. The Balaban J connectivity index is 1.72. The Labute approximate surface area is 177 Å². The maximum absolute atomic E-state index is 12.1. The van der Waals surface area contributed by atoms with Crippen LogP contribution in [0, 0.1) is 5.92 Å². The van der Waals surface area contributed by atoms with Crippen LogP contribution in [0.3, 0.4) is 0 Å². The summed E-state index contributed by atoms with van der Waals surface area (Å²) in [6.07, 6.45) is -1.82. The molecule has 29 heavy (non-hydrogen) atoms. The fourth-order valence-electron chi connectivity index (χ4n) is 3.90. The van der Waals surface area contributed by atoms with E-state index < -0.39 is 30.1 Å². The number of fused-ring (bicyclic) bond motifs is 1. The monoisotopic (exact) mass is 433 g/mol. The molecule has 1 aliphatic carbocycles. The van der Waals surface area contributed by atoms with Crippen LogP contribution in [0.5, 0.6) is 5.75 Å². The molecular weight excluding hydrogens is 410 g/mol. The molecule has 0 unspecified atom stereocenters. The lowest BCUT2D eigenvalue weighted by Gasteiger charge is -2.41. The summed E-state index contributed by atoms with van der Waals surface area (Å²) >= 11 is 3.06. The van der Waals surface area contributed by atoms with Crippen molar-refractivity contribution in [2.45, 2.75) is 36.5 Å². The molecule has 1 aromatic heterocycles. The van der Waals surface area contributed by atoms with E-state index in [-0.39, 0.29) is 11.7 Å². The van der Waals surface area contributed by atoms with Gasteiger partial charge in [-0.15, -0.1) is 11.3 Å². The minimum absolute atomic E-state index is 0.160. The molecule has 4 rings (SSSR count). The molecule has 2 heterocycles. The molecule has 1 amide bonds. The molecule has 0 radical (unpaired) electrons. The van der Waals surface area contributed by atoms with Gasteiger partial charge in [0.1, 0.15) is 11.9 Å². The number of thiophene rings is 1. The zero-order valence-corrected chi connectivity index (χ0v) is 17.5. The summed E-state index contributed by atoms with van der Waals surface area (Å²) < 4.78 is 5.20. The number of methoxy groups -OCH3 is 1. The first-order valence-electron chi connectivity index (χ1n) is 9.32. The predicted molar refractivity (Wildman–Crippen MR) is 114 cm³/mol. The fraction of sp³-hybridized carbons (Fsp3) is 0.400. The third kappa shape index (κ3) is 4.00. The summed E-state index contributed by atoms with van der Waals surface area (Å²) in [6, 6.07) is 10.9. The molecular formula is C20H23N3O4S2. The number of thioether (sulfide) groups is 1. The van der Waals surface area contributed by atoms with Gasteiger partial charge >= 0.3 is 0 Å². The first-order chi connectivity index (χ1) is 14.0. The zero-order valence-electron chi connectivity index (χ0n) is 15.8. The first-order valence-corrected chi connectivity index (χ1v) is 11.1. The zero-order chi connectivity index (χ0) is 20.5. The molecule has 5 atom stereocenters. The van der Waals surface area contributed by atoms with E-state index in [9.17, 15) is 15.0 Å². The lowest BCUT2D eigenvalue weighted by atomic mass is 9.80. The van der Waals surface area contributed by atoms with E-state index in [0.717, 1.165) is 16.3 Å². The van der Waals surface area contributed by atoms with Crippen LogP contribution < -0.4 is 10.5 Å². The number of carbonyl (C=O) groups excluding carboxylic acids is 1. The van der Waals surface area contributed by atoms with Gasteiger partial charge in [0.2, 0.25) is 5.91 Å². The molecule has 1 aromatic carbocycles. The van der Waals surface area contributed by atoms with E-state index in [2.05, 4.69) is 0 Å². The Kier molecular flexibility index (Phi) is 5.82. The van der Waals surface area contributed by atoms with Gasteiger partial charge in [-0.1, -0.05) is 17.8 Å². The van der Waals surface area contributed by atoms with E-state index in [1.54, 1.807) is 18.4 Å². The van der Waals surface area contributed by atoms with Gasteiger partial charge in [0, 0.05) is 10.1 Å². The van der Waals surface area contributed by atoms with Gasteiger partial charge in [0.25, 0.3) is 0 Å². The highest BCUT2D eigenvalue weighted by Gasteiger charge is 2.54. The summed E-state index contributed by atoms with van der Waals surface area (Å²) in [4.78, 5) is 19.9. The van der Waals surface area contributed by atoms with Gasteiger partial charge in [-0.2, -0.15) is 0 Å². The summed E-state index contributed by atoms with van der Waals surface area (Å²) in [7, 11) is 1.61. The van der Waals surface area contributed by atoms with Gasteiger partial charge in [0.15, 0.2) is 5.17 Å². The average Bonchev–Trinajstić information content (AvgIpc) is 3.34. The molecule has 2 aliphatic rings. The highest BCUT2D eigenvalue weighted by molar-refractivity contribution is 8.14. The molecule has 7 nitrogen and oxygen atoms in total. The number of hydrogen-bond donors (Lipinski definition) is 3. The highest BCUT2D eigenvalue weighted by Crippen LogP contribution is 2.45. The number of amides is 1. The quantitative estimate of drug-likeness (QED) is 0.665. The average molecular weight is 434 g/mol. The second kappa shape index (κ2) is 8.35. The minimum Gasteiger partial charge on any atom is -0.497 e. The van der Waals surface area contributed by atoms with Crippen molar-refractivity contribution in [2.24, 2.45) is 16.6 Å². The maximum atomic E-state index is 12.1. The number of aliphatic hydroxyl groups excluding tert-OH is 2. The maximum Gasteiger partial charge on any atom is 0.221 e. The number of nitrogens with two attached hydrogens (primary N) is 1. The van der Waals surface area contributed by atoms with Gasteiger partial charge in [-0.05, 0) is 42.1 Å². The van der Waals surface area contributed by atoms with Crippen LogP contribution in [0.1, 0.15) is 11.3 Å². The van der Waals surface area contributed by atoms with Gasteiger partial charge in [0.05, 0.1) is 37.4 Å². The number of hydrogen-bond acceptors (Lipinski definition) is 7. The van der Waals surface area contributed by atoms with Gasteiger partial charge in [-0.25, -0.2) is 4.99 Å². The molecule has 154 valence electrons. The molecule has 2 fully saturated rings. The number of primary amides is 1. The standard InChI is InChI=1S/C20H23N3O4S2/c1-27-12-6-4-11(5-7-12)22-20-23(10-13-3-2-8-28-13)16-17(25)15(24)9-14(19(21)26)18(16)29-20/h2-8,14-18,24-25H,9-10H2,1H3,(H2,21,26)/t14-,15+,16-,17-,18+/m0/s1. The molecule has 2 aromatic rings. The minimum atomic E-state index is -1.000.